The van der Waals surface area contributed by atoms with Gasteiger partial charge in [-0.15, -0.1) is 12.4 Å². The second-order valence-corrected chi connectivity index (χ2v) is 6.12. The average molecular weight is 390 g/mol. The van der Waals surface area contributed by atoms with Crippen molar-refractivity contribution < 1.29 is 13.7 Å². The number of hydrogen-bond acceptors (Lipinski definition) is 7. The van der Waals surface area contributed by atoms with Crippen molar-refractivity contribution in [3.63, 3.8) is 0 Å². The molecule has 8 nitrogen and oxygen atoms in total. The van der Waals surface area contributed by atoms with Gasteiger partial charge in [0.2, 0.25) is 17.6 Å². The minimum absolute atomic E-state index is 0. The predicted octanol–water partition coefficient (Wildman–Crippen LogP) is 2.25. The highest BCUT2D eigenvalue weighted by atomic mass is 35.5. The van der Waals surface area contributed by atoms with Gasteiger partial charge in [0.1, 0.15) is 6.26 Å². The average Bonchev–Trinajstić information content (AvgIpc) is 3.38. The Kier molecular flexibility index (Phi) is 6.20. The van der Waals surface area contributed by atoms with E-state index in [1.54, 1.807) is 24.8 Å². The number of pyridine rings is 1. The van der Waals surface area contributed by atoms with Gasteiger partial charge in [-0.3, -0.25) is 9.78 Å². The van der Waals surface area contributed by atoms with Gasteiger partial charge < -0.3 is 19.2 Å². The van der Waals surface area contributed by atoms with Gasteiger partial charge in [0, 0.05) is 44.9 Å². The van der Waals surface area contributed by atoms with Gasteiger partial charge in [-0.05, 0) is 17.7 Å². The number of nitrogens with zero attached hydrogens (tertiary/aromatic N) is 4. The minimum Gasteiger partial charge on any atom is -0.472 e. The molecular weight excluding hydrogens is 370 g/mol. The van der Waals surface area contributed by atoms with Crippen LogP contribution in [0.5, 0.6) is 0 Å². The number of carbonyl (C=O) groups excluding carboxylic acids is 1. The number of carbonyl (C=O) groups is 1. The van der Waals surface area contributed by atoms with E-state index in [4.69, 9.17) is 8.94 Å². The zero-order valence-electron chi connectivity index (χ0n) is 14.6. The normalized spacial score (nSPS) is 16.7. The monoisotopic (exact) mass is 389 g/mol. The fourth-order valence-electron chi connectivity index (χ4n) is 3.10. The molecule has 0 spiro atoms. The first-order valence-electron chi connectivity index (χ1n) is 8.56. The molecule has 1 N–H and O–H groups in total. The molecule has 1 atom stereocenters. The molecule has 4 rings (SSSR count). The lowest BCUT2D eigenvalue weighted by Gasteiger charge is -2.36. The molecule has 142 valence electrons. The molecule has 1 aliphatic heterocycles. The molecule has 4 heterocycles. The smallest absolute Gasteiger partial charge is 0.227 e. The van der Waals surface area contributed by atoms with Crippen LogP contribution in [0.15, 0.2) is 52.1 Å². The molecule has 1 amide bonds. The van der Waals surface area contributed by atoms with Crippen LogP contribution in [0.25, 0.3) is 11.4 Å². The molecule has 0 bridgehead atoms. The molecular formula is C18H20ClN5O3. The molecule has 0 aliphatic carbocycles. The second kappa shape index (κ2) is 8.79. The minimum atomic E-state index is -0.00544. The Bertz CT molecular complexity index is 853. The van der Waals surface area contributed by atoms with Gasteiger partial charge in [0.25, 0.3) is 0 Å². The number of aromatic nitrogens is 3. The van der Waals surface area contributed by atoms with Crippen LogP contribution in [0.3, 0.4) is 0 Å². The van der Waals surface area contributed by atoms with Gasteiger partial charge in [-0.2, -0.15) is 4.98 Å². The van der Waals surface area contributed by atoms with Crippen molar-refractivity contribution in [2.24, 2.45) is 0 Å². The van der Waals surface area contributed by atoms with Crippen molar-refractivity contribution in [2.45, 2.75) is 18.9 Å². The number of halogens is 1. The van der Waals surface area contributed by atoms with Crippen LogP contribution in [0.4, 0.5) is 0 Å². The van der Waals surface area contributed by atoms with E-state index in [0.717, 1.165) is 24.2 Å². The summed E-state index contributed by atoms with van der Waals surface area (Å²) in [6.07, 6.45) is 7.39. The molecule has 27 heavy (non-hydrogen) atoms. The maximum absolute atomic E-state index is 12.8. The van der Waals surface area contributed by atoms with E-state index in [9.17, 15) is 4.79 Å². The zero-order chi connectivity index (χ0) is 17.8. The Morgan fingerprint density at radius 3 is 3.07 bits per heavy atom. The lowest BCUT2D eigenvalue weighted by Crippen LogP contribution is -2.48. The molecule has 0 saturated carbocycles. The van der Waals surface area contributed by atoms with Crippen LogP contribution >= 0.6 is 12.4 Å². The van der Waals surface area contributed by atoms with E-state index in [2.05, 4.69) is 20.4 Å². The number of nitrogens with one attached hydrogen (secondary N) is 1. The summed E-state index contributed by atoms with van der Waals surface area (Å²) in [5, 5.41) is 7.26. The number of furan rings is 1. The van der Waals surface area contributed by atoms with Crippen molar-refractivity contribution in [3.05, 3.63) is 54.6 Å². The van der Waals surface area contributed by atoms with Crippen molar-refractivity contribution in [3.8, 4) is 11.4 Å². The standard InChI is InChI=1S/C18H19N5O3.ClH/c24-17(4-3-16-21-18(22-26-16)14-5-9-25-12-14)23-8-7-20-11-15(23)13-2-1-6-19-10-13;/h1-2,5-6,9-10,12,15,20H,3-4,7-8,11H2;1H. The molecule has 1 fully saturated rings. The Morgan fingerprint density at radius 2 is 2.30 bits per heavy atom. The Hall–Kier alpha value is -2.71. The quantitative estimate of drug-likeness (QED) is 0.714. The van der Waals surface area contributed by atoms with Gasteiger partial charge in [-0.1, -0.05) is 11.2 Å². The Morgan fingerprint density at radius 1 is 1.37 bits per heavy atom. The van der Waals surface area contributed by atoms with Crippen molar-refractivity contribution in [1.29, 1.82) is 0 Å². The number of rotatable bonds is 5. The van der Waals surface area contributed by atoms with E-state index in [1.165, 1.54) is 0 Å². The van der Waals surface area contributed by atoms with Gasteiger partial charge in [0.15, 0.2) is 0 Å². The zero-order valence-corrected chi connectivity index (χ0v) is 15.4. The van der Waals surface area contributed by atoms with Crippen molar-refractivity contribution in [2.75, 3.05) is 19.6 Å². The summed E-state index contributed by atoms with van der Waals surface area (Å²) in [5.74, 6) is 0.989. The number of amides is 1. The van der Waals surface area contributed by atoms with E-state index >= 15 is 0 Å². The first kappa shape index (κ1) is 19.1. The number of piperazine rings is 1. The molecule has 9 heteroatoms. The number of hydrogen-bond donors (Lipinski definition) is 1. The summed E-state index contributed by atoms with van der Waals surface area (Å²) in [5.41, 5.74) is 1.79. The lowest BCUT2D eigenvalue weighted by atomic mass is 10.0. The largest absolute Gasteiger partial charge is 0.472 e. The summed E-state index contributed by atoms with van der Waals surface area (Å²) in [7, 11) is 0. The molecule has 1 unspecified atom stereocenters. The third-order valence-corrected chi connectivity index (χ3v) is 4.43. The Balaban J connectivity index is 0.00000210. The summed E-state index contributed by atoms with van der Waals surface area (Å²) < 4.78 is 10.3. The third-order valence-electron chi connectivity index (χ3n) is 4.43. The van der Waals surface area contributed by atoms with Crippen LogP contribution in [-0.2, 0) is 11.2 Å². The predicted molar refractivity (Wildman–Crippen MR) is 99.1 cm³/mol. The molecule has 3 aromatic heterocycles. The Labute approximate surface area is 162 Å². The SMILES string of the molecule is Cl.O=C(CCc1nc(-c2ccoc2)no1)N1CCNCC1c1cccnc1. The van der Waals surface area contributed by atoms with Crippen LogP contribution in [-0.4, -0.2) is 45.6 Å². The van der Waals surface area contributed by atoms with E-state index in [-0.39, 0.29) is 24.4 Å². The highest BCUT2D eigenvalue weighted by Crippen LogP contribution is 2.23. The fourth-order valence-corrected chi connectivity index (χ4v) is 3.10. The molecule has 0 radical (unpaired) electrons. The van der Waals surface area contributed by atoms with Crippen LogP contribution < -0.4 is 5.32 Å². The van der Waals surface area contributed by atoms with Crippen LogP contribution in [0.1, 0.15) is 23.9 Å². The van der Waals surface area contributed by atoms with Crippen LogP contribution in [0, 0.1) is 0 Å². The molecule has 3 aromatic rings. The maximum atomic E-state index is 12.8. The first-order chi connectivity index (χ1) is 12.8. The maximum Gasteiger partial charge on any atom is 0.227 e. The second-order valence-electron chi connectivity index (χ2n) is 6.12. The molecule has 0 aromatic carbocycles. The van der Waals surface area contributed by atoms with Crippen molar-refractivity contribution >= 4 is 18.3 Å². The highest BCUT2D eigenvalue weighted by molar-refractivity contribution is 5.85. The van der Waals surface area contributed by atoms with Gasteiger partial charge in [-0.25, -0.2) is 0 Å². The van der Waals surface area contributed by atoms with Gasteiger partial charge in [0.05, 0.1) is 17.9 Å². The summed E-state index contributed by atoms with van der Waals surface area (Å²) in [6.45, 7) is 2.18. The summed E-state index contributed by atoms with van der Waals surface area (Å²) in [6, 6.07) is 5.65. The van der Waals surface area contributed by atoms with Crippen LogP contribution in [0.2, 0.25) is 0 Å². The van der Waals surface area contributed by atoms with Crippen molar-refractivity contribution in [1.82, 2.24) is 25.3 Å². The summed E-state index contributed by atoms with van der Waals surface area (Å²) >= 11 is 0. The van der Waals surface area contributed by atoms with E-state index in [0.29, 0.717) is 31.1 Å². The number of aryl methyl sites for hydroxylation is 1. The lowest BCUT2D eigenvalue weighted by molar-refractivity contribution is -0.134. The first-order valence-corrected chi connectivity index (χ1v) is 8.56. The van der Waals surface area contributed by atoms with E-state index < -0.39 is 0 Å². The highest BCUT2D eigenvalue weighted by Gasteiger charge is 2.28. The summed E-state index contributed by atoms with van der Waals surface area (Å²) in [4.78, 5) is 23.2. The topological polar surface area (TPSA) is 97.3 Å². The third kappa shape index (κ3) is 4.35. The van der Waals surface area contributed by atoms with E-state index in [1.807, 2.05) is 23.2 Å². The fraction of sp³-hybridized carbons (Fsp3) is 0.333. The molecule has 1 saturated heterocycles. The molecule has 1 aliphatic rings. The van der Waals surface area contributed by atoms with Gasteiger partial charge >= 0.3 is 0 Å².